The lowest BCUT2D eigenvalue weighted by Gasteiger charge is -2.25. The van der Waals surface area contributed by atoms with Crippen molar-refractivity contribution >= 4 is 39.5 Å². The number of carbonyl (C=O) groups excluding carboxylic acids is 3. The summed E-state index contributed by atoms with van der Waals surface area (Å²) in [5.41, 5.74) is -2.04. The van der Waals surface area contributed by atoms with Crippen LogP contribution >= 0.6 is 15.9 Å². The standard InChI is InChI=1S/C34H35BrF5N3O5/c1-18-13-20(36)7-10-28(18)47-29-16-22(19-5-6-19)25(34(38,39)40)15-24(29)31(45)42-21-8-9-26(37)23(14-21)27(11-12-41-30(44)17-35)43-32(46)48-33(2,3)4/h7-10,13-16,19,27H,5-6,11-12,17H2,1-4H3,(H,41,44)(H,42,45)(H,43,46). The maximum atomic E-state index is 15.2. The number of halogens is 6. The number of amides is 3. The molecule has 3 aromatic rings. The average molecular weight is 741 g/mol. The lowest BCUT2D eigenvalue weighted by atomic mass is 9.98. The van der Waals surface area contributed by atoms with E-state index in [9.17, 15) is 31.9 Å². The molecule has 48 heavy (non-hydrogen) atoms. The monoisotopic (exact) mass is 739 g/mol. The van der Waals surface area contributed by atoms with Crippen LogP contribution in [0.15, 0.2) is 48.5 Å². The Kier molecular flexibility index (Phi) is 11.4. The Bertz CT molecular complexity index is 1690. The van der Waals surface area contributed by atoms with E-state index in [4.69, 9.17) is 9.47 Å². The highest BCUT2D eigenvalue weighted by atomic mass is 79.9. The minimum atomic E-state index is -4.77. The number of alkyl halides is 4. The molecule has 0 aromatic heterocycles. The van der Waals surface area contributed by atoms with Gasteiger partial charge >= 0.3 is 12.3 Å². The van der Waals surface area contributed by atoms with E-state index >= 15 is 4.39 Å². The van der Waals surface area contributed by atoms with Crippen LogP contribution in [0.25, 0.3) is 0 Å². The van der Waals surface area contributed by atoms with Crippen molar-refractivity contribution in [2.24, 2.45) is 0 Å². The zero-order valence-corrected chi connectivity index (χ0v) is 28.2. The summed E-state index contributed by atoms with van der Waals surface area (Å²) in [6.45, 7) is 6.52. The summed E-state index contributed by atoms with van der Waals surface area (Å²) < 4.78 is 82.9. The molecule has 1 atom stereocenters. The molecule has 4 rings (SSSR count). The Morgan fingerprint density at radius 2 is 1.69 bits per heavy atom. The minimum absolute atomic E-state index is 0.000577. The van der Waals surface area contributed by atoms with Gasteiger partial charge in [0.2, 0.25) is 5.91 Å². The smallest absolute Gasteiger partial charge is 0.416 e. The summed E-state index contributed by atoms with van der Waals surface area (Å²) in [6, 6.07) is 7.97. The first-order chi connectivity index (χ1) is 22.4. The van der Waals surface area contributed by atoms with Crippen LogP contribution in [-0.2, 0) is 15.7 Å². The number of aryl methyl sites for hydroxylation is 1. The van der Waals surface area contributed by atoms with Crippen molar-refractivity contribution in [3.63, 3.8) is 0 Å². The summed E-state index contributed by atoms with van der Waals surface area (Å²) in [5, 5.41) is 7.73. The van der Waals surface area contributed by atoms with Crippen LogP contribution in [0.1, 0.15) is 84.6 Å². The van der Waals surface area contributed by atoms with Gasteiger partial charge < -0.3 is 25.4 Å². The Labute approximate surface area is 282 Å². The van der Waals surface area contributed by atoms with Crippen LogP contribution in [-0.4, -0.2) is 35.4 Å². The highest BCUT2D eigenvalue weighted by molar-refractivity contribution is 9.09. The van der Waals surface area contributed by atoms with E-state index in [-0.39, 0.29) is 58.4 Å². The quantitative estimate of drug-likeness (QED) is 0.135. The Morgan fingerprint density at radius 3 is 2.29 bits per heavy atom. The van der Waals surface area contributed by atoms with Gasteiger partial charge in [-0.05, 0) is 113 Å². The molecule has 1 fully saturated rings. The molecule has 1 aliphatic rings. The van der Waals surface area contributed by atoms with Crippen LogP contribution in [0.5, 0.6) is 11.5 Å². The number of ether oxygens (including phenoxy) is 2. The first kappa shape index (κ1) is 36.6. The number of benzene rings is 3. The fourth-order valence-electron chi connectivity index (χ4n) is 4.93. The number of nitrogens with one attached hydrogen (secondary N) is 3. The molecule has 8 nitrogen and oxygen atoms in total. The summed E-state index contributed by atoms with van der Waals surface area (Å²) >= 11 is 3.03. The summed E-state index contributed by atoms with van der Waals surface area (Å²) in [7, 11) is 0. The van der Waals surface area contributed by atoms with E-state index in [0.717, 1.165) is 18.2 Å². The first-order valence-corrected chi connectivity index (χ1v) is 16.2. The molecule has 0 spiro atoms. The highest BCUT2D eigenvalue weighted by Gasteiger charge is 2.40. The largest absolute Gasteiger partial charge is 0.456 e. The van der Waals surface area contributed by atoms with Gasteiger partial charge in [-0.3, -0.25) is 9.59 Å². The van der Waals surface area contributed by atoms with Crippen molar-refractivity contribution in [3.05, 3.63) is 88.0 Å². The van der Waals surface area contributed by atoms with Gasteiger partial charge in [-0.1, -0.05) is 15.9 Å². The minimum Gasteiger partial charge on any atom is -0.456 e. The van der Waals surface area contributed by atoms with Crippen molar-refractivity contribution in [2.45, 2.75) is 70.7 Å². The van der Waals surface area contributed by atoms with Crippen LogP contribution in [0.3, 0.4) is 0 Å². The SMILES string of the molecule is Cc1cc(F)ccc1Oc1cc(C2CC2)c(C(F)(F)F)cc1C(=O)Nc1ccc(F)c(C(CCNC(=O)CBr)NC(=O)OC(C)(C)C)c1. The molecule has 0 heterocycles. The summed E-state index contributed by atoms with van der Waals surface area (Å²) in [6.07, 6.45) is -4.52. The van der Waals surface area contributed by atoms with Crippen molar-refractivity contribution in [3.8, 4) is 11.5 Å². The molecule has 1 unspecified atom stereocenters. The second-order valence-electron chi connectivity index (χ2n) is 12.4. The van der Waals surface area contributed by atoms with Crippen molar-refractivity contribution in [1.82, 2.24) is 10.6 Å². The van der Waals surface area contributed by atoms with E-state index in [1.807, 2.05) is 0 Å². The maximum Gasteiger partial charge on any atom is 0.416 e. The highest BCUT2D eigenvalue weighted by Crippen LogP contribution is 2.48. The number of hydrogen-bond acceptors (Lipinski definition) is 5. The first-order valence-electron chi connectivity index (χ1n) is 15.1. The third-order valence-corrected chi connectivity index (χ3v) is 7.78. The van der Waals surface area contributed by atoms with Gasteiger partial charge in [-0.2, -0.15) is 13.2 Å². The molecule has 0 saturated heterocycles. The lowest BCUT2D eigenvalue weighted by Crippen LogP contribution is -2.37. The summed E-state index contributed by atoms with van der Waals surface area (Å²) in [4.78, 5) is 38.0. The third-order valence-electron chi connectivity index (χ3n) is 7.27. The van der Waals surface area contributed by atoms with Crippen LogP contribution in [0, 0.1) is 18.6 Å². The number of hydrogen-bond donors (Lipinski definition) is 3. The van der Waals surface area contributed by atoms with Crippen LogP contribution < -0.4 is 20.7 Å². The third kappa shape index (κ3) is 9.91. The van der Waals surface area contributed by atoms with E-state index < -0.39 is 52.6 Å². The van der Waals surface area contributed by atoms with Gasteiger partial charge in [0.05, 0.1) is 22.5 Å². The molecule has 3 amide bonds. The average Bonchev–Trinajstić information content (AvgIpc) is 3.83. The normalized spacial score (nSPS) is 13.8. The predicted molar refractivity (Wildman–Crippen MR) is 173 cm³/mol. The van der Waals surface area contributed by atoms with Gasteiger partial charge in [-0.25, -0.2) is 13.6 Å². The molecular formula is C34H35BrF5N3O5. The van der Waals surface area contributed by atoms with Crippen molar-refractivity contribution in [2.75, 3.05) is 17.2 Å². The molecule has 0 aliphatic heterocycles. The molecule has 0 bridgehead atoms. The molecule has 3 N–H and O–H groups in total. The fourth-order valence-corrected chi connectivity index (χ4v) is 5.12. The Morgan fingerprint density at radius 1 is 0.979 bits per heavy atom. The van der Waals surface area contributed by atoms with Gasteiger partial charge in [-0.15, -0.1) is 0 Å². The molecule has 258 valence electrons. The van der Waals surface area contributed by atoms with Gasteiger partial charge in [0.1, 0.15) is 28.7 Å². The molecule has 1 saturated carbocycles. The zero-order valence-electron chi connectivity index (χ0n) is 26.6. The fraction of sp³-hybridized carbons (Fsp3) is 0.382. The zero-order chi connectivity index (χ0) is 35.4. The van der Waals surface area contributed by atoms with Crippen molar-refractivity contribution in [1.29, 1.82) is 0 Å². The second-order valence-corrected chi connectivity index (χ2v) is 12.9. The van der Waals surface area contributed by atoms with E-state index in [2.05, 4.69) is 31.9 Å². The van der Waals surface area contributed by atoms with Gasteiger partial charge in [0.15, 0.2) is 0 Å². The van der Waals surface area contributed by atoms with Crippen LogP contribution in [0.2, 0.25) is 0 Å². The second kappa shape index (κ2) is 14.9. The molecular weight excluding hydrogens is 705 g/mol. The maximum absolute atomic E-state index is 15.2. The molecule has 1 aliphatic carbocycles. The van der Waals surface area contributed by atoms with E-state index in [0.29, 0.717) is 18.4 Å². The van der Waals surface area contributed by atoms with E-state index in [1.54, 1.807) is 27.7 Å². The topological polar surface area (TPSA) is 106 Å². The predicted octanol–water partition coefficient (Wildman–Crippen LogP) is 8.68. The Hall–Kier alpha value is -4.20. The van der Waals surface area contributed by atoms with Gasteiger partial charge in [0, 0.05) is 17.8 Å². The van der Waals surface area contributed by atoms with E-state index in [1.165, 1.54) is 30.3 Å². The number of rotatable bonds is 11. The van der Waals surface area contributed by atoms with Crippen molar-refractivity contribution < 1.29 is 45.8 Å². The molecule has 0 radical (unpaired) electrons. The number of carbonyl (C=O) groups is 3. The number of anilines is 1. The summed E-state index contributed by atoms with van der Waals surface area (Å²) in [5.74, 6) is -3.02. The Balaban J connectivity index is 1.70. The van der Waals surface area contributed by atoms with Gasteiger partial charge in [0.25, 0.3) is 5.91 Å². The number of alkyl carbamates (subject to hydrolysis) is 1. The lowest BCUT2D eigenvalue weighted by molar-refractivity contribution is -0.138. The molecule has 14 heteroatoms. The van der Waals surface area contributed by atoms with Crippen LogP contribution in [0.4, 0.5) is 32.4 Å². The molecule has 3 aromatic carbocycles.